The average Bonchev–Trinajstić information content (AvgIpc) is 2.73. The maximum atomic E-state index is 15.2. The van der Waals surface area contributed by atoms with E-state index in [0.29, 0.717) is 0 Å². The van der Waals surface area contributed by atoms with Crippen molar-refractivity contribution in [1.82, 2.24) is 0 Å². The summed E-state index contributed by atoms with van der Waals surface area (Å²) in [6.07, 6.45) is 0. The molecule has 0 aliphatic carbocycles. The van der Waals surface area contributed by atoms with E-state index in [1.165, 1.54) is 72.8 Å². The molecule has 0 N–H and O–H groups in total. The normalized spacial score (nSPS) is 11.1. The fourth-order valence-electron chi connectivity index (χ4n) is 3.67. The lowest BCUT2D eigenvalue weighted by molar-refractivity contribution is -0.00000791. The van der Waals surface area contributed by atoms with Crippen molar-refractivity contribution in [3.63, 3.8) is 0 Å². The summed E-state index contributed by atoms with van der Waals surface area (Å²) in [5.74, 6) is -2.57. The van der Waals surface area contributed by atoms with Crippen LogP contribution in [0.2, 0.25) is 0 Å². The first-order valence-electron chi connectivity index (χ1n) is 8.96. The van der Waals surface area contributed by atoms with E-state index in [1.807, 2.05) is 0 Å². The zero-order chi connectivity index (χ0) is 20.4. The van der Waals surface area contributed by atoms with Gasteiger partial charge in [-0.05, 0) is 48.5 Å². The van der Waals surface area contributed by atoms with Crippen LogP contribution in [0.25, 0.3) is 0 Å². The predicted molar refractivity (Wildman–Crippen MR) is 111 cm³/mol. The monoisotopic (exact) mass is 446 g/mol. The highest BCUT2D eigenvalue weighted by molar-refractivity contribution is 8.01. The molecule has 0 spiro atoms. The van der Waals surface area contributed by atoms with Gasteiger partial charge in [0.25, 0.3) is 0 Å². The van der Waals surface area contributed by atoms with Crippen molar-refractivity contribution in [2.45, 2.75) is 0 Å². The third-order valence-corrected chi connectivity index (χ3v) is 9.20. The minimum Gasteiger partial charge on any atom is -1.00 e. The first-order valence-corrected chi connectivity index (χ1v) is 10.7. The van der Waals surface area contributed by atoms with Gasteiger partial charge >= 0.3 is 0 Å². The molecule has 0 fully saturated rings. The molecule has 0 aliphatic heterocycles. The van der Waals surface area contributed by atoms with Gasteiger partial charge in [-0.3, -0.25) is 0 Å². The van der Waals surface area contributed by atoms with Crippen molar-refractivity contribution in [3.05, 3.63) is 120 Å². The summed E-state index contributed by atoms with van der Waals surface area (Å²) in [5, 5.41) is 0.279. The molecule has 0 aromatic heterocycles. The van der Waals surface area contributed by atoms with E-state index in [0.717, 1.165) is 0 Å². The summed E-state index contributed by atoms with van der Waals surface area (Å²) in [4.78, 5) is 0. The Balaban J connectivity index is 0.00000256. The topological polar surface area (TPSA) is 0 Å². The van der Waals surface area contributed by atoms with Crippen LogP contribution in [-0.2, 0) is 0 Å². The van der Waals surface area contributed by atoms with E-state index in [-0.39, 0.29) is 33.6 Å². The highest BCUT2D eigenvalue weighted by Gasteiger charge is 2.54. The second-order valence-electron chi connectivity index (χ2n) is 6.48. The molecule has 0 amide bonds. The Kier molecular flexibility index (Phi) is 6.60. The van der Waals surface area contributed by atoms with Gasteiger partial charge in [-0.25, -0.2) is 17.6 Å². The van der Waals surface area contributed by atoms with Crippen molar-refractivity contribution in [2.24, 2.45) is 0 Å². The molecular formula is C24H16ClF4P. The molecule has 152 valence electrons. The highest BCUT2D eigenvalue weighted by Crippen LogP contribution is 2.56. The molecule has 0 bridgehead atoms. The molecule has 6 heteroatoms. The molecule has 0 unspecified atom stereocenters. The zero-order valence-corrected chi connectivity index (χ0v) is 17.2. The van der Waals surface area contributed by atoms with E-state index >= 15 is 17.6 Å². The minimum absolute atomic E-state index is 0. The van der Waals surface area contributed by atoms with Crippen LogP contribution in [0.4, 0.5) is 17.6 Å². The second kappa shape index (κ2) is 8.99. The molecule has 4 rings (SSSR count). The lowest BCUT2D eigenvalue weighted by Gasteiger charge is -2.28. The fraction of sp³-hybridized carbons (Fsp3) is 0. The Morgan fingerprint density at radius 3 is 0.767 bits per heavy atom. The molecule has 0 saturated carbocycles. The van der Waals surface area contributed by atoms with Gasteiger partial charge < -0.3 is 12.4 Å². The van der Waals surface area contributed by atoms with Gasteiger partial charge in [0, 0.05) is 0 Å². The first kappa shape index (κ1) is 22.0. The van der Waals surface area contributed by atoms with Crippen LogP contribution in [0.15, 0.2) is 97.1 Å². The minimum atomic E-state index is -3.56. The van der Waals surface area contributed by atoms with Gasteiger partial charge in [0.05, 0.1) is 0 Å². The van der Waals surface area contributed by atoms with Gasteiger partial charge in [-0.1, -0.05) is 48.5 Å². The van der Waals surface area contributed by atoms with Crippen LogP contribution in [0.5, 0.6) is 0 Å². The Bertz CT molecular complexity index is 991. The van der Waals surface area contributed by atoms with Gasteiger partial charge in [0.2, 0.25) is 0 Å². The highest BCUT2D eigenvalue weighted by atomic mass is 35.5. The van der Waals surface area contributed by atoms with Crippen LogP contribution in [0.1, 0.15) is 0 Å². The molecule has 0 radical (unpaired) electrons. The quantitative estimate of drug-likeness (QED) is 0.332. The third-order valence-electron chi connectivity index (χ3n) is 4.86. The summed E-state index contributed by atoms with van der Waals surface area (Å²) in [6.45, 7) is 0. The third kappa shape index (κ3) is 3.51. The molecule has 4 aromatic rings. The lowest BCUT2D eigenvalue weighted by Crippen LogP contribution is -3.00. The maximum absolute atomic E-state index is 15.2. The van der Waals surface area contributed by atoms with Crippen LogP contribution in [-0.4, -0.2) is 0 Å². The Hall–Kier alpha value is -2.68. The largest absolute Gasteiger partial charge is 1.00 e. The summed E-state index contributed by atoms with van der Waals surface area (Å²) in [6, 6.07) is 23.2. The van der Waals surface area contributed by atoms with Crippen LogP contribution in [0.3, 0.4) is 0 Å². The molecule has 0 saturated heterocycles. The van der Waals surface area contributed by atoms with Crippen molar-refractivity contribution in [2.75, 3.05) is 0 Å². The maximum Gasteiger partial charge on any atom is 0.166 e. The summed E-state index contributed by atoms with van der Waals surface area (Å²) >= 11 is 0. The van der Waals surface area contributed by atoms with Gasteiger partial charge in [0.15, 0.2) is 30.5 Å². The molecule has 4 aromatic carbocycles. The number of rotatable bonds is 4. The molecular weight excluding hydrogens is 431 g/mol. The summed E-state index contributed by atoms with van der Waals surface area (Å²) in [5.41, 5.74) is 0. The van der Waals surface area contributed by atoms with Gasteiger partial charge in [-0.2, -0.15) is 0 Å². The van der Waals surface area contributed by atoms with Crippen molar-refractivity contribution in [1.29, 1.82) is 0 Å². The number of hydrogen-bond donors (Lipinski definition) is 0. The van der Waals surface area contributed by atoms with E-state index in [9.17, 15) is 0 Å². The van der Waals surface area contributed by atoms with Crippen molar-refractivity contribution in [3.8, 4) is 0 Å². The smallest absolute Gasteiger partial charge is 0.166 e. The molecule has 0 nitrogen and oxygen atoms in total. The zero-order valence-electron chi connectivity index (χ0n) is 15.6. The Labute approximate surface area is 179 Å². The molecule has 30 heavy (non-hydrogen) atoms. The molecule has 0 heterocycles. The van der Waals surface area contributed by atoms with Crippen molar-refractivity contribution < 1.29 is 30.0 Å². The van der Waals surface area contributed by atoms with Crippen molar-refractivity contribution >= 4 is 28.5 Å². The number of halogens is 5. The van der Waals surface area contributed by atoms with E-state index in [1.54, 1.807) is 24.3 Å². The fourth-order valence-corrected chi connectivity index (χ4v) is 8.05. The van der Waals surface area contributed by atoms with E-state index in [4.69, 9.17) is 0 Å². The molecule has 0 aliphatic rings. The summed E-state index contributed by atoms with van der Waals surface area (Å²) < 4.78 is 60.8. The first-order chi connectivity index (χ1) is 14.1. The Morgan fingerprint density at radius 2 is 0.567 bits per heavy atom. The van der Waals surface area contributed by atoms with E-state index in [2.05, 4.69) is 0 Å². The van der Waals surface area contributed by atoms with Crippen LogP contribution < -0.4 is 33.6 Å². The lowest BCUT2D eigenvalue weighted by atomic mass is 10.3. The van der Waals surface area contributed by atoms with Gasteiger partial charge in [-0.15, -0.1) is 0 Å². The van der Waals surface area contributed by atoms with Crippen LogP contribution >= 0.6 is 7.26 Å². The standard InChI is InChI=1S/C24H16F4P.ClH/c25-17-9-1-5-13-21(17)29(22-14-6-2-10-18(22)26,23-15-7-3-11-19(23)27)24-16-8-4-12-20(24)28;/h1-16H;1H/q+1;/p-1. The second-order valence-corrected chi connectivity index (χ2v) is 9.75. The number of benzene rings is 4. The Morgan fingerprint density at radius 1 is 0.367 bits per heavy atom. The number of hydrogen-bond acceptors (Lipinski definition) is 0. The SMILES string of the molecule is Fc1ccccc1[P+](c1ccccc1F)(c1ccccc1F)c1ccccc1F.[Cl-]. The molecule has 0 atom stereocenters. The van der Waals surface area contributed by atoms with E-state index < -0.39 is 30.5 Å². The average molecular weight is 447 g/mol. The summed E-state index contributed by atoms with van der Waals surface area (Å²) in [7, 11) is -3.56. The van der Waals surface area contributed by atoms with Crippen LogP contribution in [0, 0.1) is 23.3 Å². The van der Waals surface area contributed by atoms with Gasteiger partial charge in [0.1, 0.15) is 21.2 Å². The predicted octanol–water partition coefficient (Wildman–Crippen LogP) is 1.87.